The number of rotatable bonds is 4. The van der Waals surface area contributed by atoms with Crippen LogP contribution in [0.3, 0.4) is 0 Å². The molecular formula is C14H21NO2. The van der Waals surface area contributed by atoms with Crippen LogP contribution < -0.4 is 5.73 Å². The second-order valence-electron chi connectivity index (χ2n) is 4.84. The minimum Gasteiger partial charge on any atom is -0.444 e. The number of carbonyl (C=O) groups excluding carboxylic acids is 1. The maximum Gasteiger partial charge on any atom is 0.321 e. The molecule has 0 saturated heterocycles. The molecule has 0 spiro atoms. The Morgan fingerprint density at radius 3 is 2.29 bits per heavy atom. The van der Waals surface area contributed by atoms with Crippen LogP contribution in [-0.2, 0) is 9.53 Å². The first-order valence-corrected chi connectivity index (χ1v) is 5.96. The van der Waals surface area contributed by atoms with E-state index < -0.39 is 11.1 Å². The molecule has 0 heterocycles. The van der Waals surface area contributed by atoms with Gasteiger partial charge >= 0.3 is 5.97 Å². The molecule has 0 fully saturated rings. The summed E-state index contributed by atoms with van der Waals surface area (Å²) in [5, 5.41) is 0. The molecule has 0 aromatic heterocycles. The van der Waals surface area contributed by atoms with Crippen molar-refractivity contribution in [2.75, 3.05) is 0 Å². The Kier molecular flexibility index (Phi) is 4.29. The van der Waals surface area contributed by atoms with E-state index in [1.165, 1.54) is 0 Å². The quantitative estimate of drug-likeness (QED) is 0.602. The molecule has 1 atom stereocenters. The number of nitrogens with two attached hydrogens (primary N) is 1. The third kappa shape index (κ3) is 3.86. The largest absolute Gasteiger partial charge is 0.444 e. The molecule has 2 N–H and O–H groups in total. The summed E-state index contributed by atoms with van der Waals surface area (Å²) in [7, 11) is 0. The lowest BCUT2D eigenvalue weighted by atomic mass is 9.90. The van der Waals surface area contributed by atoms with Crippen LogP contribution in [0.5, 0.6) is 0 Å². The second kappa shape index (κ2) is 5.32. The van der Waals surface area contributed by atoms with Crippen molar-refractivity contribution in [2.24, 2.45) is 11.1 Å². The number of hydrogen-bond acceptors (Lipinski definition) is 3. The van der Waals surface area contributed by atoms with Gasteiger partial charge in [0.2, 0.25) is 0 Å². The van der Waals surface area contributed by atoms with E-state index in [1.807, 2.05) is 50.3 Å². The Morgan fingerprint density at radius 1 is 1.29 bits per heavy atom. The van der Waals surface area contributed by atoms with Gasteiger partial charge in [-0.25, -0.2) is 0 Å². The summed E-state index contributed by atoms with van der Waals surface area (Å²) in [4.78, 5) is 12.1. The van der Waals surface area contributed by atoms with E-state index in [-0.39, 0.29) is 5.97 Å². The van der Waals surface area contributed by atoms with Gasteiger partial charge in [-0.1, -0.05) is 49.8 Å². The Morgan fingerprint density at radius 2 is 1.82 bits per heavy atom. The standard InChI is InChI=1S/C14H21NO2/c1-4-9-14(3,15)17-12(16)13(2)10-7-5-6-8-11-13/h5-8,10-11H,4,9,15H2,1-3H3. The maximum absolute atomic E-state index is 12.1. The van der Waals surface area contributed by atoms with Crippen molar-refractivity contribution in [3.05, 3.63) is 36.5 Å². The summed E-state index contributed by atoms with van der Waals surface area (Å²) in [6.45, 7) is 5.56. The van der Waals surface area contributed by atoms with E-state index >= 15 is 0 Å². The molecule has 94 valence electrons. The molecule has 0 bridgehead atoms. The topological polar surface area (TPSA) is 52.3 Å². The zero-order valence-corrected chi connectivity index (χ0v) is 10.8. The van der Waals surface area contributed by atoms with Crippen LogP contribution in [-0.4, -0.2) is 11.7 Å². The zero-order valence-electron chi connectivity index (χ0n) is 10.8. The third-order valence-corrected chi connectivity index (χ3v) is 2.73. The van der Waals surface area contributed by atoms with Crippen LogP contribution in [0.25, 0.3) is 0 Å². The van der Waals surface area contributed by atoms with Gasteiger partial charge in [-0.05, 0) is 13.8 Å². The number of carbonyl (C=O) groups is 1. The van der Waals surface area contributed by atoms with Gasteiger partial charge in [-0.15, -0.1) is 0 Å². The molecule has 1 aliphatic rings. The van der Waals surface area contributed by atoms with Gasteiger partial charge in [-0.2, -0.15) is 0 Å². The Balaban J connectivity index is 2.76. The highest BCUT2D eigenvalue weighted by Crippen LogP contribution is 2.27. The van der Waals surface area contributed by atoms with Crippen molar-refractivity contribution in [1.29, 1.82) is 0 Å². The van der Waals surface area contributed by atoms with Crippen molar-refractivity contribution in [2.45, 2.75) is 39.3 Å². The van der Waals surface area contributed by atoms with Crippen LogP contribution in [0, 0.1) is 5.41 Å². The van der Waals surface area contributed by atoms with Crippen molar-refractivity contribution in [3.8, 4) is 0 Å². The Labute approximate surface area is 103 Å². The minimum atomic E-state index is -0.893. The van der Waals surface area contributed by atoms with Gasteiger partial charge in [-0.3, -0.25) is 10.5 Å². The minimum absolute atomic E-state index is 0.313. The fourth-order valence-corrected chi connectivity index (χ4v) is 1.70. The fourth-order valence-electron chi connectivity index (χ4n) is 1.70. The summed E-state index contributed by atoms with van der Waals surface area (Å²) >= 11 is 0. The lowest BCUT2D eigenvalue weighted by Gasteiger charge is -2.29. The van der Waals surface area contributed by atoms with Crippen LogP contribution in [0.4, 0.5) is 0 Å². The van der Waals surface area contributed by atoms with Gasteiger partial charge in [0.25, 0.3) is 0 Å². The first kappa shape index (κ1) is 13.7. The van der Waals surface area contributed by atoms with Crippen LogP contribution in [0.2, 0.25) is 0 Å². The van der Waals surface area contributed by atoms with Gasteiger partial charge in [0.05, 0.1) is 0 Å². The van der Waals surface area contributed by atoms with Crippen LogP contribution in [0.15, 0.2) is 36.5 Å². The Hall–Kier alpha value is -1.35. The lowest BCUT2D eigenvalue weighted by Crippen LogP contribution is -2.44. The van der Waals surface area contributed by atoms with E-state index in [0.29, 0.717) is 6.42 Å². The summed E-state index contributed by atoms with van der Waals surface area (Å²) in [6, 6.07) is 0. The molecule has 0 saturated carbocycles. The molecule has 1 aliphatic carbocycles. The van der Waals surface area contributed by atoms with Gasteiger partial charge in [0, 0.05) is 6.42 Å². The van der Waals surface area contributed by atoms with Gasteiger partial charge < -0.3 is 4.74 Å². The number of allylic oxidation sites excluding steroid dienone is 4. The Bertz CT molecular complexity index is 348. The number of ether oxygens (including phenoxy) is 1. The van der Waals surface area contributed by atoms with E-state index in [2.05, 4.69) is 0 Å². The van der Waals surface area contributed by atoms with E-state index in [1.54, 1.807) is 6.92 Å². The molecule has 1 unspecified atom stereocenters. The normalized spacial score (nSPS) is 20.7. The highest BCUT2D eigenvalue weighted by Gasteiger charge is 2.34. The predicted octanol–water partition coefficient (Wildman–Crippen LogP) is 2.69. The SMILES string of the molecule is CCCC(C)(N)OC(=O)C1(C)C=CC=CC=C1. The highest BCUT2D eigenvalue weighted by molar-refractivity contribution is 5.81. The number of esters is 1. The van der Waals surface area contributed by atoms with Gasteiger partial charge in [0.15, 0.2) is 5.72 Å². The highest BCUT2D eigenvalue weighted by atomic mass is 16.6. The summed E-state index contributed by atoms with van der Waals surface area (Å²) < 4.78 is 5.38. The number of hydrogen-bond donors (Lipinski definition) is 1. The van der Waals surface area contributed by atoms with Crippen molar-refractivity contribution >= 4 is 5.97 Å². The maximum atomic E-state index is 12.1. The van der Waals surface area contributed by atoms with E-state index in [0.717, 1.165) is 6.42 Å². The molecule has 1 rings (SSSR count). The van der Waals surface area contributed by atoms with Crippen LogP contribution >= 0.6 is 0 Å². The lowest BCUT2D eigenvalue weighted by molar-refractivity contribution is -0.164. The first-order chi connectivity index (χ1) is 7.90. The van der Waals surface area contributed by atoms with Crippen LogP contribution in [0.1, 0.15) is 33.6 Å². The summed E-state index contributed by atoms with van der Waals surface area (Å²) in [5.74, 6) is -0.313. The van der Waals surface area contributed by atoms with Gasteiger partial charge in [0.1, 0.15) is 5.41 Å². The molecule has 3 nitrogen and oxygen atoms in total. The first-order valence-electron chi connectivity index (χ1n) is 5.96. The molecule has 0 radical (unpaired) electrons. The zero-order chi connectivity index (χ0) is 12.9. The van der Waals surface area contributed by atoms with Crippen molar-refractivity contribution < 1.29 is 9.53 Å². The van der Waals surface area contributed by atoms with Crippen molar-refractivity contribution in [1.82, 2.24) is 0 Å². The van der Waals surface area contributed by atoms with E-state index in [9.17, 15) is 4.79 Å². The summed E-state index contributed by atoms with van der Waals surface area (Å²) in [6.07, 6.45) is 12.6. The molecular weight excluding hydrogens is 214 g/mol. The average molecular weight is 235 g/mol. The smallest absolute Gasteiger partial charge is 0.321 e. The molecule has 3 heteroatoms. The summed E-state index contributed by atoms with van der Waals surface area (Å²) in [5.41, 5.74) is 4.30. The fraction of sp³-hybridized carbons (Fsp3) is 0.500. The van der Waals surface area contributed by atoms with Crippen molar-refractivity contribution in [3.63, 3.8) is 0 Å². The average Bonchev–Trinajstić information content (AvgIpc) is 2.43. The second-order valence-corrected chi connectivity index (χ2v) is 4.84. The molecule has 17 heavy (non-hydrogen) atoms. The predicted molar refractivity (Wildman–Crippen MR) is 69.1 cm³/mol. The molecule has 0 aromatic carbocycles. The molecule has 0 amide bonds. The molecule has 0 aromatic rings. The molecule has 0 aliphatic heterocycles. The van der Waals surface area contributed by atoms with E-state index in [4.69, 9.17) is 10.5 Å². The third-order valence-electron chi connectivity index (χ3n) is 2.73. The monoisotopic (exact) mass is 235 g/mol.